The molecule has 100 valence electrons. The Morgan fingerprint density at radius 3 is 2.50 bits per heavy atom. The van der Waals surface area contributed by atoms with Gasteiger partial charge in [-0.2, -0.15) is 0 Å². The molecule has 0 unspecified atom stereocenters. The molecule has 0 radical (unpaired) electrons. The van der Waals surface area contributed by atoms with E-state index in [4.69, 9.17) is 11.5 Å². The van der Waals surface area contributed by atoms with Crippen molar-refractivity contribution >= 4 is 17.4 Å². The van der Waals surface area contributed by atoms with Crippen molar-refractivity contribution < 1.29 is 4.79 Å². The first-order chi connectivity index (χ1) is 8.40. The molecule has 0 aliphatic rings. The number of anilines is 2. The van der Waals surface area contributed by atoms with Crippen molar-refractivity contribution in [3.8, 4) is 0 Å². The summed E-state index contributed by atoms with van der Waals surface area (Å²) in [6.07, 6.45) is 0.692. The van der Waals surface area contributed by atoms with Gasteiger partial charge in [0.15, 0.2) is 0 Å². The van der Waals surface area contributed by atoms with Crippen molar-refractivity contribution in [1.82, 2.24) is 9.13 Å². The lowest BCUT2D eigenvalue weighted by Crippen LogP contribution is -2.41. The van der Waals surface area contributed by atoms with Gasteiger partial charge in [-0.15, -0.1) is 0 Å². The molecule has 8 heteroatoms. The molecule has 0 fully saturated rings. The van der Waals surface area contributed by atoms with Crippen LogP contribution in [0.25, 0.3) is 0 Å². The van der Waals surface area contributed by atoms with E-state index in [1.54, 1.807) is 0 Å². The number of amides is 1. The summed E-state index contributed by atoms with van der Waals surface area (Å²) >= 11 is 0. The van der Waals surface area contributed by atoms with Gasteiger partial charge >= 0.3 is 5.69 Å². The second-order valence-corrected chi connectivity index (χ2v) is 3.88. The number of primary amides is 1. The van der Waals surface area contributed by atoms with Gasteiger partial charge in [-0.05, 0) is 6.42 Å². The van der Waals surface area contributed by atoms with E-state index in [-0.39, 0.29) is 18.1 Å². The molecule has 1 aromatic rings. The molecule has 0 aromatic carbocycles. The van der Waals surface area contributed by atoms with E-state index >= 15 is 0 Å². The molecule has 1 rings (SSSR count). The van der Waals surface area contributed by atoms with Gasteiger partial charge in [0.25, 0.3) is 5.56 Å². The predicted octanol–water partition coefficient (Wildman–Crippen LogP) is -1.56. The molecule has 0 saturated carbocycles. The molecule has 0 bridgehead atoms. The molecular weight excluding hydrogens is 238 g/mol. The van der Waals surface area contributed by atoms with Crippen LogP contribution in [0, 0.1) is 0 Å². The number of nitrogen functional groups attached to an aromatic ring is 1. The van der Waals surface area contributed by atoms with Crippen LogP contribution in [0.1, 0.15) is 13.3 Å². The van der Waals surface area contributed by atoms with Crippen molar-refractivity contribution in [3.05, 3.63) is 20.8 Å². The molecule has 1 aromatic heterocycles. The Bertz CT molecular complexity index is 572. The number of carbonyl (C=O) groups excluding carboxylic acids is 1. The number of nitrogens with zero attached hydrogens (tertiary/aromatic N) is 2. The van der Waals surface area contributed by atoms with Crippen LogP contribution in [0.3, 0.4) is 0 Å². The van der Waals surface area contributed by atoms with E-state index in [0.29, 0.717) is 13.0 Å². The summed E-state index contributed by atoms with van der Waals surface area (Å²) in [5, 5.41) is 2.55. The maximum atomic E-state index is 11.8. The largest absolute Gasteiger partial charge is 0.383 e. The van der Waals surface area contributed by atoms with Gasteiger partial charge in [0.1, 0.15) is 11.5 Å². The monoisotopic (exact) mass is 255 g/mol. The number of carbonyl (C=O) groups is 1. The fourth-order valence-corrected chi connectivity index (χ4v) is 1.56. The fourth-order valence-electron chi connectivity index (χ4n) is 1.56. The highest BCUT2D eigenvalue weighted by Gasteiger charge is 2.14. The Labute approximate surface area is 103 Å². The molecular formula is C10H17N5O3. The fraction of sp³-hybridized carbons (Fsp3) is 0.500. The van der Waals surface area contributed by atoms with Crippen molar-refractivity contribution in [3.63, 3.8) is 0 Å². The number of hydrogen-bond acceptors (Lipinski definition) is 5. The SMILES string of the molecule is CCCn1c(N)c(NCC(N)=O)c(=O)n(C)c1=O. The molecule has 18 heavy (non-hydrogen) atoms. The van der Waals surface area contributed by atoms with E-state index in [0.717, 1.165) is 4.57 Å². The van der Waals surface area contributed by atoms with Crippen molar-refractivity contribution in [2.24, 2.45) is 12.8 Å². The van der Waals surface area contributed by atoms with Gasteiger partial charge in [-0.1, -0.05) is 6.92 Å². The third-order valence-electron chi connectivity index (χ3n) is 2.47. The summed E-state index contributed by atoms with van der Waals surface area (Å²) in [4.78, 5) is 34.4. The highest BCUT2D eigenvalue weighted by molar-refractivity contribution is 5.79. The average Bonchev–Trinajstić information content (AvgIpc) is 2.31. The van der Waals surface area contributed by atoms with Crippen LogP contribution in [0.15, 0.2) is 9.59 Å². The zero-order valence-electron chi connectivity index (χ0n) is 10.4. The molecule has 8 nitrogen and oxygen atoms in total. The van der Waals surface area contributed by atoms with Gasteiger partial charge in [0.05, 0.1) is 6.54 Å². The van der Waals surface area contributed by atoms with Crippen LogP contribution in [-0.2, 0) is 18.4 Å². The Balaban J connectivity index is 3.37. The zero-order valence-corrected chi connectivity index (χ0v) is 10.4. The second-order valence-electron chi connectivity index (χ2n) is 3.88. The lowest BCUT2D eigenvalue weighted by molar-refractivity contribution is -0.116. The van der Waals surface area contributed by atoms with Crippen LogP contribution >= 0.6 is 0 Å². The highest BCUT2D eigenvalue weighted by atomic mass is 16.2. The number of aromatic nitrogens is 2. The van der Waals surface area contributed by atoms with Crippen LogP contribution < -0.4 is 28.0 Å². The van der Waals surface area contributed by atoms with E-state index in [1.807, 2.05) is 6.92 Å². The predicted molar refractivity (Wildman–Crippen MR) is 68.3 cm³/mol. The van der Waals surface area contributed by atoms with Crippen molar-refractivity contribution in [2.45, 2.75) is 19.9 Å². The lowest BCUT2D eigenvalue weighted by Gasteiger charge is -2.14. The molecule has 0 spiro atoms. The highest BCUT2D eigenvalue weighted by Crippen LogP contribution is 2.10. The number of nitrogens with two attached hydrogens (primary N) is 2. The Morgan fingerprint density at radius 2 is 2.00 bits per heavy atom. The zero-order chi connectivity index (χ0) is 13.9. The number of hydrogen-bond donors (Lipinski definition) is 3. The molecule has 5 N–H and O–H groups in total. The van der Waals surface area contributed by atoms with Gasteiger partial charge in [0, 0.05) is 13.6 Å². The van der Waals surface area contributed by atoms with Crippen molar-refractivity contribution in [2.75, 3.05) is 17.6 Å². The quantitative estimate of drug-likeness (QED) is 0.586. The molecule has 1 heterocycles. The normalized spacial score (nSPS) is 10.3. The molecule has 0 aliphatic heterocycles. The maximum absolute atomic E-state index is 11.8. The van der Waals surface area contributed by atoms with Crippen molar-refractivity contribution in [1.29, 1.82) is 0 Å². The summed E-state index contributed by atoms with van der Waals surface area (Å²) in [5.74, 6) is -0.601. The number of nitrogens with one attached hydrogen (secondary N) is 1. The third-order valence-corrected chi connectivity index (χ3v) is 2.47. The smallest absolute Gasteiger partial charge is 0.332 e. The minimum Gasteiger partial charge on any atom is -0.383 e. The van der Waals surface area contributed by atoms with Crippen LogP contribution in [0.4, 0.5) is 11.5 Å². The lowest BCUT2D eigenvalue weighted by atomic mass is 10.4. The standard InChI is InChI=1S/C10H17N5O3/c1-3-4-15-8(12)7(13-5-6(11)16)9(17)14(2)10(15)18/h13H,3-5,12H2,1-2H3,(H2,11,16). The van der Waals surface area contributed by atoms with Crippen LogP contribution in [-0.4, -0.2) is 21.6 Å². The summed E-state index contributed by atoms with van der Waals surface area (Å²) in [5.41, 5.74) is 9.70. The minimum absolute atomic E-state index is 0.0179. The average molecular weight is 255 g/mol. The molecule has 1 amide bonds. The summed E-state index contributed by atoms with van der Waals surface area (Å²) in [6, 6.07) is 0. The topological polar surface area (TPSA) is 125 Å². The van der Waals surface area contributed by atoms with E-state index in [1.165, 1.54) is 11.6 Å². The van der Waals surface area contributed by atoms with Gasteiger partial charge < -0.3 is 16.8 Å². The summed E-state index contributed by atoms with van der Waals surface area (Å²) in [6.45, 7) is 2.06. The number of rotatable bonds is 5. The first kappa shape index (κ1) is 13.8. The van der Waals surface area contributed by atoms with Gasteiger partial charge in [-0.25, -0.2) is 4.79 Å². The van der Waals surface area contributed by atoms with E-state index < -0.39 is 17.2 Å². The first-order valence-electron chi connectivity index (χ1n) is 5.51. The molecule has 0 aliphatic carbocycles. The third kappa shape index (κ3) is 2.53. The Hall–Kier alpha value is -2.25. The minimum atomic E-state index is -0.621. The van der Waals surface area contributed by atoms with E-state index in [9.17, 15) is 14.4 Å². The maximum Gasteiger partial charge on any atom is 0.332 e. The van der Waals surface area contributed by atoms with Crippen LogP contribution in [0.2, 0.25) is 0 Å². The van der Waals surface area contributed by atoms with E-state index in [2.05, 4.69) is 5.32 Å². The molecule has 0 atom stereocenters. The van der Waals surface area contributed by atoms with Gasteiger partial charge in [-0.3, -0.25) is 18.7 Å². The van der Waals surface area contributed by atoms with Crippen LogP contribution in [0.5, 0.6) is 0 Å². The second kappa shape index (κ2) is 5.39. The summed E-state index contributed by atoms with van der Waals surface area (Å²) < 4.78 is 2.22. The summed E-state index contributed by atoms with van der Waals surface area (Å²) in [7, 11) is 1.35. The Morgan fingerprint density at radius 1 is 1.39 bits per heavy atom. The van der Waals surface area contributed by atoms with Gasteiger partial charge in [0.2, 0.25) is 5.91 Å². The Kier molecular flexibility index (Phi) is 4.13. The first-order valence-corrected chi connectivity index (χ1v) is 5.51. The molecule has 0 saturated heterocycles.